The zero-order valence-electron chi connectivity index (χ0n) is 16.3. The zero-order chi connectivity index (χ0) is 18.2. The van der Waals surface area contributed by atoms with Gasteiger partial charge < -0.3 is 20.3 Å². The second-order valence-electron chi connectivity index (χ2n) is 6.78. The van der Waals surface area contributed by atoms with Gasteiger partial charge in [0.25, 0.3) is 0 Å². The van der Waals surface area contributed by atoms with Crippen molar-refractivity contribution in [2.24, 2.45) is 4.99 Å². The van der Waals surface area contributed by atoms with Crippen LogP contribution in [0.25, 0.3) is 0 Å². The number of rotatable bonds is 11. The predicted molar refractivity (Wildman–Crippen MR) is 104 cm³/mol. The Balaban J connectivity index is 1.96. The van der Waals surface area contributed by atoms with E-state index in [9.17, 15) is 4.79 Å². The number of carbonyl (C=O) groups excluding carboxylic acids is 1. The minimum atomic E-state index is -0.108. The van der Waals surface area contributed by atoms with E-state index in [1.807, 2.05) is 7.05 Å². The number of nitrogens with zero attached hydrogens (tertiary/aromatic N) is 2. The number of unbranched alkanes of at least 4 members (excludes halogenated alkanes) is 3. The molecule has 25 heavy (non-hydrogen) atoms. The highest BCUT2D eigenvalue weighted by Gasteiger charge is 2.08. The molecule has 1 aliphatic rings. The molecule has 2 N–H and O–H groups in total. The van der Waals surface area contributed by atoms with E-state index in [0.29, 0.717) is 6.42 Å². The number of hydrogen-bond acceptors (Lipinski definition) is 4. The fourth-order valence-corrected chi connectivity index (χ4v) is 3.15. The maximum atomic E-state index is 11.0. The molecule has 6 nitrogen and oxygen atoms in total. The first-order valence-corrected chi connectivity index (χ1v) is 10.00. The minimum absolute atomic E-state index is 0.108. The molecule has 0 aromatic carbocycles. The van der Waals surface area contributed by atoms with Crippen LogP contribution >= 0.6 is 0 Å². The number of guanidine groups is 1. The van der Waals surface area contributed by atoms with E-state index in [1.165, 1.54) is 52.4 Å². The molecule has 0 aromatic rings. The van der Waals surface area contributed by atoms with Crippen molar-refractivity contribution in [3.05, 3.63) is 0 Å². The van der Waals surface area contributed by atoms with Gasteiger partial charge in [0, 0.05) is 26.6 Å². The molecular weight excluding hydrogens is 316 g/mol. The topological polar surface area (TPSA) is 66.0 Å². The van der Waals surface area contributed by atoms with Gasteiger partial charge in [0.1, 0.15) is 0 Å². The van der Waals surface area contributed by atoms with E-state index in [1.54, 1.807) is 0 Å². The summed E-state index contributed by atoms with van der Waals surface area (Å²) in [4.78, 5) is 17.9. The largest absolute Gasteiger partial charge is 0.469 e. The highest BCUT2D eigenvalue weighted by molar-refractivity contribution is 5.79. The summed E-state index contributed by atoms with van der Waals surface area (Å²) in [6.07, 6.45) is 11.4. The lowest BCUT2D eigenvalue weighted by molar-refractivity contribution is -0.140. The summed E-state index contributed by atoms with van der Waals surface area (Å²) in [5.41, 5.74) is 0. The van der Waals surface area contributed by atoms with E-state index in [0.717, 1.165) is 51.2 Å². The van der Waals surface area contributed by atoms with E-state index >= 15 is 0 Å². The second kappa shape index (κ2) is 15.0. The summed E-state index contributed by atoms with van der Waals surface area (Å²) in [7, 11) is 3.26. The van der Waals surface area contributed by atoms with Gasteiger partial charge in [0.15, 0.2) is 5.96 Å². The van der Waals surface area contributed by atoms with Crippen LogP contribution in [-0.2, 0) is 9.53 Å². The van der Waals surface area contributed by atoms with Crippen LogP contribution in [-0.4, -0.2) is 63.7 Å². The van der Waals surface area contributed by atoms with Crippen LogP contribution in [0.5, 0.6) is 0 Å². The maximum Gasteiger partial charge on any atom is 0.305 e. The minimum Gasteiger partial charge on any atom is -0.469 e. The summed E-state index contributed by atoms with van der Waals surface area (Å²) >= 11 is 0. The highest BCUT2D eigenvalue weighted by Crippen LogP contribution is 2.09. The molecule has 0 aromatic heterocycles. The van der Waals surface area contributed by atoms with E-state index in [4.69, 9.17) is 0 Å². The lowest BCUT2D eigenvalue weighted by Gasteiger charge is -2.20. The van der Waals surface area contributed by atoms with Crippen molar-refractivity contribution < 1.29 is 9.53 Å². The van der Waals surface area contributed by atoms with Crippen molar-refractivity contribution in [2.45, 2.75) is 64.2 Å². The number of likely N-dealkylation sites (tertiary alicyclic amines) is 1. The SMILES string of the molecule is CN=C(NCCCCCCC(=O)OC)NCCCN1CCCCCC1. The summed E-state index contributed by atoms with van der Waals surface area (Å²) in [6, 6.07) is 0. The van der Waals surface area contributed by atoms with Crippen LogP contribution in [0.3, 0.4) is 0 Å². The first-order chi connectivity index (χ1) is 12.3. The quantitative estimate of drug-likeness (QED) is 0.258. The smallest absolute Gasteiger partial charge is 0.305 e. The Morgan fingerprint density at radius 1 is 0.960 bits per heavy atom. The summed E-state index contributed by atoms with van der Waals surface area (Å²) in [5.74, 6) is 0.785. The molecule has 0 bridgehead atoms. The van der Waals surface area contributed by atoms with Gasteiger partial charge in [-0.2, -0.15) is 0 Å². The summed E-state index contributed by atoms with van der Waals surface area (Å²) in [5, 5.41) is 6.76. The fourth-order valence-electron chi connectivity index (χ4n) is 3.15. The fraction of sp³-hybridized carbons (Fsp3) is 0.895. The number of ether oxygens (including phenoxy) is 1. The monoisotopic (exact) mass is 354 g/mol. The molecule has 6 heteroatoms. The number of nitrogens with one attached hydrogen (secondary N) is 2. The van der Waals surface area contributed by atoms with E-state index in [2.05, 4.69) is 25.3 Å². The molecule has 0 unspecified atom stereocenters. The molecule has 1 heterocycles. The normalized spacial score (nSPS) is 16.3. The number of carbonyl (C=O) groups is 1. The van der Waals surface area contributed by atoms with Gasteiger partial charge in [-0.05, 0) is 51.7 Å². The van der Waals surface area contributed by atoms with E-state index in [-0.39, 0.29) is 5.97 Å². The number of hydrogen-bond donors (Lipinski definition) is 2. The molecule has 0 atom stereocenters. The average molecular weight is 355 g/mol. The molecule has 1 rings (SSSR count). The van der Waals surface area contributed by atoms with Crippen LogP contribution in [0.1, 0.15) is 64.2 Å². The van der Waals surface area contributed by atoms with Crippen molar-refractivity contribution in [3.8, 4) is 0 Å². The Hall–Kier alpha value is -1.30. The lowest BCUT2D eigenvalue weighted by atomic mass is 10.1. The van der Waals surface area contributed by atoms with Crippen molar-refractivity contribution in [1.82, 2.24) is 15.5 Å². The molecular formula is C19H38N4O2. The second-order valence-corrected chi connectivity index (χ2v) is 6.78. The number of aliphatic imine (C=N–C) groups is 1. The van der Waals surface area contributed by atoms with Crippen molar-refractivity contribution in [1.29, 1.82) is 0 Å². The first-order valence-electron chi connectivity index (χ1n) is 10.00. The Bertz CT molecular complexity index is 366. The zero-order valence-corrected chi connectivity index (χ0v) is 16.3. The molecule has 146 valence electrons. The van der Waals surface area contributed by atoms with Gasteiger partial charge in [-0.15, -0.1) is 0 Å². The number of methoxy groups -OCH3 is 1. The maximum absolute atomic E-state index is 11.0. The van der Waals surface area contributed by atoms with E-state index < -0.39 is 0 Å². The standard InChI is InChI=1S/C19H38N4O2/c1-20-19(21-13-8-4-3-7-12-18(24)25-2)22-14-11-17-23-15-9-5-6-10-16-23/h3-17H2,1-2H3,(H2,20,21,22). The molecule has 1 fully saturated rings. The van der Waals surface area contributed by atoms with Gasteiger partial charge >= 0.3 is 5.97 Å². The molecule has 0 amide bonds. The van der Waals surface area contributed by atoms with Crippen molar-refractivity contribution in [3.63, 3.8) is 0 Å². The first kappa shape index (κ1) is 21.7. The third-order valence-electron chi connectivity index (χ3n) is 4.69. The Labute approximate surface area is 153 Å². The van der Waals surface area contributed by atoms with Gasteiger partial charge in [-0.1, -0.05) is 25.7 Å². The van der Waals surface area contributed by atoms with Crippen LogP contribution < -0.4 is 10.6 Å². The van der Waals surface area contributed by atoms with Crippen molar-refractivity contribution >= 4 is 11.9 Å². The van der Waals surface area contributed by atoms with Gasteiger partial charge in [0.2, 0.25) is 0 Å². The molecule has 0 spiro atoms. The Kier molecular flexibility index (Phi) is 13.0. The van der Waals surface area contributed by atoms with Crippen LogP contribution in [0.15, 0.2) is 4.99 Å². The summed E-state index contributed by atoms with van der Waals surface area (Å²) < 4.78 is 4.64. The number of esters is 1. The van der Waals surface area contributed by atoms with Gasteiger partial charge in [-0.25, -0.2) is 0 Å². The van der Waals surface area contributed by atoms with Gasteiger partial charge in [0.05, 0.1) is 7.11 Å². The van der Waals surface area contributed by atoms with Crippen LogP contribution in [0, 0.1) is 0 Å². The third kappa shape index (κ3) is 11.8. The van der Waals surface area contributed by atoms with Crippen LogP contribution in [0.2, 0.25) is 0 Å². The Morgan fingerprint density at radius 3 is 2.24 bits per heavy atom. The predicted octanol–water partition coefficient (Wildman–Crippen LogP) is 2.54. The molecule has 1 saturated heterocycles. The molecule has 0 aliphatic carbocycles. The van der Waals surface area contributed by atoms with Crippen LogP contribution in [0.4, 0.5) is 0 Å². The van der Waals surface area contributed by atoms with Crippen molar-refractivity contribution in [2.75, 3.05) is 46.9 Å². The molecule has 1 aliphatic heterocycles. The Morgan fingerprint density at radius 2 is 1.60 bits per heavy atom. The highest BCUT2D eigenvalue weighted by atomic mass is 16.5. The molecule has 0 radical (unpaired) electrons. The van der Waals surface area contributed by atoms with Gasteiger partial charge in [-0.3, -0.25) is 9.79 Å². The molecule has 0 saturated carbocycles. The average Bonchev–Trinajstić information content (AvgIpc) is 2.91. The third-order valence-corrected chi connectivity index (χ3v) is 4.69. The summed E-state index contributed by atoms with van der Waals surface area (Å²) in [6.45, 7) is 5.61. The lowest BCUT2D eigenvalue weighted by Crippen LogP contribution is -2.39.